The van der Waals surface area contributed by atoms with E-state index in [0.29, 0.717) is 188 Å². The van der Waals surface area contributed by atoms with Crippen molar-refractivity contribution in [3.05, 3.63) is 221 Å². The van der Waals surface area contributed by atoms with Gasteiger partial charge in [0.15, 0.2) is 23.0 Å². The van der Waals surface area contributed by atoms with Gasteiger partial charge in [-0.3, -0.25) is 39.6 Å². The number of nitrogens with one attached hydrogen (secondary N) is 4. The number of hydrogen-bond acceptors (Lipinski definition) is 28. The molecular weight excluding hydrogens is 1790 g/mol. The highest BCUT2D eigenvalue weighted by Gasteiger charge is 2.31. The molecule has 4 saturated heterocycles. The van der Waals surface area contributed by atoms with E-state index in [1.807, 2.05) is 88.4 Å². The first-order chi connectivity index (χ1) is 63.1. The number of ether oxygens (including phenoxy) is 4. The van der Waals surface area contributed by atoms with Crippen LogP contribution in [-0.2, 0) is 19.2 Å². The van der Waals surface area contributed by atoms with Crippen molar-refractivity contribution in [3.63, 3.8) is 0 Å². The third kappa shape index (κ3) is 17.7. The zero-order valence-corrected chi connectivity index (χ0v) is 74.4. The molecule has 36 nitrogen and oxygen atoms in total. The van der Waals surface area contributed by atoms with Crippen LogP contribution in [0.15, 0.2) is 178 Å². The highest BCUT2D eigenvalue weighted by atomic mass is 79.9. The topological polar surface area (TPSA) is 411 Å². The highest BCUT2D eigenvalue weighted by Crippen LogP contribution is 2.46. The molecule has 0 aliphatic carbocycles. The second-order valence-electron chi connectivity index (χ2n) is 30.4. The molecule has 0 spiro atoms. The first-order valence-corrected chi connectivity index (χ1v) is 43.0. The lowest BCUT2D eigenvalue weighted by Crippen LogP contribution is -2.48. The van der Waals surface area contributed by atoms with Crippen molar-refractivity contribution in [2.75, 3.05) is 124 Å². The molecule has 0 saturated carbocycles. The van der Waals surface area contributed by atoms with Crippen molar-refractivity contribution in [2.24, 2.45) is 0 Å². The maximum absolute atomic E-state index is 11.9. The van der Waals surface area contributed by atoms with Crippen molar-refractivity contribution in [1.82, 2.24) is 115 Å². The molecule has 0 radical (unpaired) electrons. The van der Waals surface area contributed by atoms with Gasteiger partial charge < -0.3 is 58.1 Å². The lowest BCUT2D eigenvalue weighted by Gasteiger charge is -2.35. The van der Waals surface area contributed by atoms with E-state index in [0.717, 1.165) is 98.4 Å². The van der Waals surface area contributed by atoms with Crippen LogP contribution in [0, 0.1) is 39.0 Å². The summed E-state index contributed by atoms with van der Waals surface area (Å²) in [4.78, 5) is 112. The average Bonchev–Trinajstić information content (AvgIpc) is 0.972. The van der Waals surface area contributed by atoms with E-state index in [1.54, 1.807) is 62.8 Å². The number of piperazine rings is 4. The van der Waals surface area contributed by atoms with Crippen molar-refractivity contribution < 1.29 is 38.1 Å². The van der Waals surface area contributed by atoms with Crippen molar-refractivity contribution in [1.29, 1.82) is 5.26 Å². The van der Waals surface area contributed by atoms with E-state index in [2.05, 4.69) is 164 Å². The molecule has 130 heavy (non-hydrogen) atoms. The zero-order chi connectivity index (χ0) is 90.5. The van der Waals surface area contributed by atoms with E-state index < -0.39 is 0 Å². The molecule has 4 amide bonds. The molecule has 4 aliphatic heterocycles. The van der Waals surface area contributed by atoms with Gasteiger partial charge in [-0.05, 0) is 145 Å². The van der Waals surface area contributed by atoms with Crippen LogP contribution >= 0.6 is 50.7 Å². The van der Waals surface area contributed by atoms with Crippen molar-refractivity contribution in [2.45, 2.75) is 27.7 Å². The van der Waals surface area contributed by atoms with Crippen LogP contribution in [0.25, 0.3) is 87.2 Å². The number of anilines is 4. The lowest BCUT2D eigenvalue weighted by molar-refractivity contribution is -0.127. The van der Waals surface area contributed by atoms with Crippen LogP contribution in [0.2, 0.25) is 15.2 Å². The van der Waals surface area contributed by atoms with Crippen LogP contribution in [-0.4, -0.2) is 244 Å². The second kappa shape index (κ2) is 37.8. The molecule has 4 fully saturated rings. The van der Waals surface area contributed by atoms with Gasteiger partial charge in [-0.25, -0.2) is 49.8 Å². The van der Waals surface area contributed by atoms with Gasteiger partial charge in [-0.15, -0.1) is 0 Å². The molecule has 5 aromatic carbocycles. The smallest absolute Gasteiger partial charge is 0.247 e. The van der Waals surface area contributed by atoms with Crippen LogP contribution < -0.4 is 38.5 Å². The van der Waals surface area contributed by atoms with Crippen molar-refractivity contribution >= 4 is 185 Å². The van der Waals surface area contributed by atoms with Gasteiger partial charge in [0.25, 0.3) is 0 Å². The van der Waals surface area contributed by atoms with Crippen LogP contribution in [0.5, 0.6) is 46.4 Å². The summed E-state index contributed by atoms with van der Waals surface area (Å²) in [6, 6.07) is 24.8. The van der Waals surface area contributed by atoms with E-state index in [9.17, 15) is 24.4 Å². The summed E-state index contributed by atoms with van der Waals surface area (Å²) in [5.74, 6) is 6.34. The number of fused-ring (bicyclic) bond motifs is 8. The number of aromatic nitrogens is 19. The number of benzene rings is 5. The summed E-state index contributed by atoms with van der Waals surface area (Å²) >= 11 is 23.1. The molecule has 20 rings (SSSR count). The summed E-state index contributed by atoms with van der Waals surface area (Å²) in [6.45, 7) is 31.7. The minimum atomic E-state index is -0.0855. The number of rotatable bonds is 16. The third-order valence-corrected chi connectivity index (χ3v) is 24.3. The molecule has 656 valence electrons. The Morgan fingerprint density at radius 2 is 0.762 bits per heavy atom. The normalized spacial score (nSPS) is 14.1. The molecule has 0 unspecified atom stereocenters. The fraction of sp³-hybridized carbons (Fsp3) is 0.222. The number of carbonyl (C=O) groups excluding carboxylic acids is 4. The van der Waals surface area contributed by atoms with Gasteiger partial charge in [0.2, 0.25) is 41.3 Å². The van der Waals surface area contributed by atoms with Gasteiger partial charge in [0, 0.05) is 116 Å². The number of H-pyrrole nitrogens is 4. The van der Waals surface area contributed by atoms with Crippen LogP contribution in [0.4, 0.5) is 23.3 Å². The molecule has 11 aromatic heterocycles. The van der Waals surface area contributed by atoms with E-state index in [4.69, 9.17) is 53.8 Å². The summed E-state index contributed by atoms with van der Waals surface area (Å²) in [7, 11) is 0. The lowest BCUT2D eigenvalue weighted by atomic mass is 10.1. The molecule has 16 aromatic rings. The highest BCUT2D eigenvalue weighted by molar-refractivity contribution is 9.10. The number of nitrogens with zero attached hydrogens (tertiary/aromatic N) is 24. The molecule has 4 N–H and O–H groups in total. The predicted octanol–water partition coefficient (Wildman–Crippen LogP) is 14.5. The fourth-order valence-corrected chi connectivity index (χ4v) is 16.9. The molecule has 0 atom stereocenters. The summed E-state index contributed by atoms with van der Waals surface area (Å²) in [6.07, 6.45) is 18.1. The number of aryl methyl sites for hydroxylation is 4. The number of hydrogen-bond donors (Lipinski definition) is 4. The Balaban J connectivity index is 0.000000121. The van der Waals surface area contributed by atoms with Gasteiger partial charge in [0.1, 0.15) is 93.3 Å². The Kier molecular flexibility index (Phi) is 25.3. The monoisotopic (exact) mass is 1860 g/mol. The number of halogens is 4. The molecule has 0 bridgehead atoms. The number of nitriles is 1. The minimum Gasteiger partial charge on any atom is -0.453 e. The molecular formula is C90H80BrCl3N28O8. The fourth-order valence-electron chi connectivity index (χ4n) is 15.9. The first kappa shape index (κ1) is 87.0. The Morgan fingerprint density at radius 3 is 1.20 bits per heavy atom. The Morgan fingerprint density at radius 1 is 0.392 bits per heavy atom. The summed E-state index contributed by atoms with van der Waals surface area (Å²) < 4.78 is 25.9. The van der Waals surface area contributed by atoms with Gasteiger partial charge in [-0.1, -0.05) is 73.3 Å². The number of amides is 4. The minimum absolute atomic E-state index is 0.0399. The standard InChI is InChI=1S/C23H22ClN7O2.C23H20N8O2.C22H19BrN6O2.C22H19Cl2N7O2/c1-4-18(32)30-5-7-31(8-6-30)22-15-10-14(3)28-23(20(15)25-12-26-22)33-21-16-11-27-29-17(16)9-13(2)19(21)24;1-3-19(32)30-6-8-31(9-7-30)22-16-10-15(11-24)28-23(20(16)25-13-26-22)33-21-14(2)4-5-18-17(21)12-27-29-18;1-2-19(30)28-8-10-29(11-9-28)22-14-4-3-5-18(20(14)24-13-25-22)31-21-15-12-26-27-17(15)7-6-16(21)23;1-3-17(32)30-4-6-31(7-5-30)21-13-9-16(23)28-22(19(13)25-11-26-21)33-20-14-10-27-29-15(14)8-12(2)18(20)24/h4,9-12H,1,5-8H2,2-3H3,(H,27,29);3-5,10,12-13H,1,6-9H2,2H3,(H,27,29);2-7,12-13H,1,8-11H2,(H,26,27);3,8-11H,1,4-7H2,2H3,(H,27,29). The van der Waals surface area contributed by atoms with E-state index >= 15 is 0 Å². The zero-order valence-electron chi connectivity index (χ0n) is 70.5. The molecule has 4 aliphatic rings. The van der Waals surface area contributed by atoms with Crippen LogP contribution in [0.1, 0.15) is 28.1 Å². The Labute approximate surface area is 764 Å². The van der Waals surface area contributed by atoms with Gasteiger partial charge in [-0.2, -0.15) is 30.6 Å². The quantitative estimate of drug-likeness (QED) is 0.0515. The van der Waals surface area contributed by atoms with Gasteiger partial charge in [0.05, 0.1) is 99.1 Å². The maximum Gasteiger partial charge on any atom is 0.247 e. The van der Waals surface area contributed by atoms with Crippen LogP contribution in [0.3, 0.4) is 0 Å². The predicted molar refractivity (Wildman–Crippen MR) is 499 cm³/mol. The summed E-state index contributed by atoms with van der Waals surface area (Å²) in [5, 5.41) is 45.3. The van der Waals surface area contributed by atoms with E-state index in [-0.39, 0.29) is 46.2 Å². The Bertz CT molecular complexity index is 7000. The summed E-state index contributed by atoms with van der Waals surface area (Å²) in [5.41, 5.74) is 9.22. The van der Waals surface area contributed by atoms with Gasteiger partial charge >= 0.3 is 0 Å². The SMILES string of the molecule is C=CC(=O)N1CCN(c2ncnc3c(Oc4c(Br)ccc5[nH]ncc45)cccc23)CC1.C=CC(=O)N1CCN(c2ncnc3c(Oc4c(C)ccc5[nH]ncc45)nc(C#N)cc23)CC1.C=CC(=O)N1CCN(c2ncnc3c(Oc4c(Cl)c(C)cc5[nH]ncc45)nc(C)cc23)CC1.C=CC(=O)N1CCN(c2ncnc3c(Oc4c(Cl)c(C)cc5[nH]ncc45)nc(Cl)cc23)CC1. The molecule has 40 heteroatoms. The second-order valence-corrected chi connectivity index (χ2v) is 32.4. The number of carbonyl (C=O) groups is 4. The average molecular weight is 1870 g/mol. The van der Waals surface area contributed by atoms with E-state index in [1.165, 1.54) is 43.3 Å². The number of aromatic amines is 4. The number of pyridine rings is 3. The maximum atomic E-state index is 11.9. The Hall–Kier alpha value is -15.1. The van der Waals surface area contributed by atoms with Crippen molar-refractivity contribution in [3.8, 4) is 52.5 Å². The number of para-hydroxylation sites is 1. The molecule has 15 heterocycles. The first-order valence-electron chi connectivity index (χ1n) is 41.0. The third-order valence-electron chi connectivity index (χ3n) is 22.5. The largest absolute Gasteiger partial charge is 0.453 e.